The van der Waals surface area contributed by atoms with Crippen molar-refractivity contribution in [2.75, 3.05) is 6.54 Å². The van der Waals surface area contributed by atoms with Gasteiger partial charge in [0.15, 0.2) is 0 Å². The van der Waals surface area contributed by atoms with E-state index in [1.165, 1.54) is 57.9 Å². The first-order valence-electron chi connectivity index (χ1n) is 8.94. The van der Waals surface area contributed by atoms with Gasteiger partial charge in [-0.2, -0.15) is 0 Å². The summed E-state index contributed by atoms with van der Waals surface area (Å²) >= 11 is 0. The summed E-state index contributed by atoms with van der Waals surface area (Å²) in [6, 6.07) is 0.651. The quantitative estimate of drug-likeness (QED) is 0.712. The lowest BCUT2D eigenvalue weighted by molar-refractivity contribution is 0.114. The molecule has 0 spiro atoms. The first-order valence-corrected chi connectivity index (χ1v) is 8.94. The Labute approximate surface area is 120 Å². The van der Waals surface area contributed by atoms with Gasteiger partial charge in [0.05, 0.1) is 0 Å². The molecule has 112 valence electrons. The van der Waals surface area contributed by atoms with Crippen LogP contribution in [0.4, 0.5) is 0 Å². The van der Waals surface area contributed by atoms with Crippen LogP contribution in [-0.4, -0.2) is 12.6 Å². The molecular weight excluding hydrogens is 230 g/mol. The smallest absolute Gasteiger partial charge is 0.00104 e. The third-order valence-corrected chi connectivity index (χ3v) is 5.65. The molecule has 0 heterocycles. The highest BCUT2D eigenvalue weighted by Gasteiger charge is 2.36. The third-order valence-electron chi connectivity index (χ3n) is 5.65. The minimum atomic E-state index is 0.651. The number of nitrogens with one attached hydrogen (secondary N) is 1. The zero-order chi connectivity index (χ0) is 13.7. The maximum atomic E-state index is 3.72. The Morgan fingerprint density at radius 2 is 1.79 bits per heavy atom. The van der Waals surface area contributed by atoms with Gasteiger partial charge >= 0.3 is 0 Å². The predicted molar refractivity (Wildman–Crippen MR) is 84.3 cm³/mol. The third kappa shape index (κ3) is 4.48. The fourth-order valence-corrected chi connectivity index (χ4v) is 4.63. The van der Waals surface area contributed by atoms with E-state index in [1.54, 1.807) is 6.42 Å². The van der Waals surface area contributed by atoms with E-state index in [1.807, 2.05) is 0 Å². The van der Waals surface area contributed by atoms with Crippen molar-refractivity contribution in [3.63, 3.8) is 0 Å². The molecule has 0 aromatic heterocycles. The fraction of sp³-hybridized carbons (Fsp3) is 1.00. The zero-order valence-electron chi connectivity index (χ0n) is 13.5. The molecule has 0 aromatic rings. The van der Waals surface area contributed by atoms with Crippen LogP contribution in [0.5, 0.6) is 0 Å². The van der Waals surface area contributed by atoms with Crippen LogP contribution >= 0.6 is 0 Å². The van der Waals surface area contributed by atoms with Gasteiger partial charge in [0, 0.05) is 6.04 Å². The van der Waals surface area contributed by atoms with Crippen LogP contribution in [0.2, 0.25) is 0 Å². The standard InChI is InChI=1S/C18H35N/c1-4-7-15-10-11-17(13-19-14(2)3)18(12-15)16-8-5-6-9-16/h14-19H,4-13H2,1-3H3. The number of hydrogen-bond donors (Lipinski definition) is 1. The summed E-state index contributed by atoms with van der Waals surface area (Å²) in [5.74, 6) is 4.13. The van der Waals surface area contributed by atoms with Gasteiger partial charge in [0.1, 0.15) is 0 Å². The van der Waals surface area contributed by atoms with Crippen LogP contribution in [0.1, 0.15) is 78.6 Å². The van der Waals surface area contributed by atoms with Crippen molar-refractivity contribution in [2.24, 2.45) is 23.7 Å². The molecule has 3 unspecified atom stereocenters. The highest BCUT2D eigenvalue weighted by molar-refractivity contribution is 4.87. The predicted octanol–water partition coefficient (Wildman–Crippen LogP) is 5.01. The maximum absolute atomic E-state index is 3.72. The molecule has 19 heavy (non-hydrogen) atoms. The number of rotatable bonds is 6. The Kier molecular flexibility index (Phi) is 6.19. The summed E-state index contributed by atoms with van der Waals surface area (Å²) in [7, 11) is 0. The van der Waals surface area contributed by atoms with Gasteiger partial charge < -0.3 is 5.32 Å². The van der Waals surface area contributed by atoms with Gasteiger partial charge in [-0.3, -0.25) is 0 Å². The molecule has 1 nitrogen and oxygen atoms in total. The van der Waals surface area contributed by atoms with E-state index >= 15 is 0 Å². The Bertz CT molecular complexity index is 242. The molecule has 2 saturated carbocycles. The highest BCUT2D eigenvalue weighted by Crippen LogP contribution is 2.45. The summed E-state index contributed by atoms with van der Waals surface area (Å²) in [6.45, 7) is 8.20. The van der Waals surface area contributed by atoms with Gasteiger partial charge in [0.2, 0.25) is 0 Å². The zero-order valence-corrected chi connectivity index (χ0v) is 13.5. The van der Waals surface area contributed by atoms with Gasteiger partial charge in [-0.05, 0) is 43.1 Å². The average Bonchev–Trinajstić information content (AvgIpc) is 2.91. The van der Waals surface area contributed by atoms with Crippen molar-refractivity contribution >= 4 is 0 Å². The monoisotopic (exact) mass is 265 g/mol. The molecule has 1 N–H and O–H groups in total. The SMILES string of the molecule is CCCC1CCC(CNC(C)C)C(C2CCCC2)C1. The summed E-state index contributed by atoms with van der Waals surface area (Å²) in [6.07, 6.45) is 13.5. The lowest BCUT2D eigenvalue weighted by Crippen LogP contribution is -2.38. The van der Waals surface area contributed by atoms with E-state index in [0.717, 1.165) is 23.7 Å². The molecule has 2 aliphatic carbocycles. The lowest BCUT2D eigenvalue weighted by atomic mass is 9.67. The molecular formula is C18H35N. The van der Waals surface area contributed by atoms with Crippen molar-refractivity contribution in [3.8, 4) is 0 Å². The Balaban J connectivity index is 1.91. The van der Waals surface area contributed by atoms with E-state index in [-0.39, 0.29) is 0 Å². The molecule has 0 aromatic carbocycles. The largest absolute Gasteiger partial charge is 0.314 e. The van der Waals surface area contributed by atoms with Gasteiger partial charge in [-0.1, -0.05) is 65.7 Å². The molecule has 3 atom stereocenters. The van der Waals surface area contributed by atoms with Crippen LogP contribution in [-0.2, 0) is 0 Å². The van der Waals surface area contributed by atoms with E-state index in [2.05, 4.69) is 26.1 Å². The summed E-state index contributed by atoms with van der Waals surface area (Å²) in [4.78, 5) is 0. The molecule has 0 aliphatic heterocycles. The first kappa shape index (κ1) is 15.4. The topological polar surface area (TPSA) is 12.0 Å². The Morgan fingerprint density at radius 1 is 1.05 bits per heavy atom. The molecule has 1 heteroatoms. The second-order valence-corrected chi connectivity index (χ2v) is 7.50. The van der Waals surface area contributed by atoms with Crippen LogP contribution < -0.4 is 5.32 Å². The van der Waals surface area contributed by atoms with Crippen LogP contribution in [0, 0.1) is 23.7 Å². The number of hydrogen-bond acceptors (Lipinski definition) is 1. The molecule has 0 saturated heterocycles. The molecule has 0 bridgehead atoms. The van der Waals surface area contributed by atoms with Crippen molar-refractivity contribution in [2.45, 2.75) is 84.6 Å². The summed E-state index contributed by atoms with van der Waals surface area (Å²) in [5.41, 5.74) is 0. The second kappa shape index (κ2) is 7.67. The highest BCUT2D eigenvalue weighted by atomic mass is 14.9. The Morgan fingerprint density at radius 3 is 2.42 bits per heavy atom. The van der Waals surface area contributed by atoms with Crippen molar-refractivity contribution < 1.29 is 0 Å². The Hall–Kier alpha value is -0.0400. The molecule has 2 aliphatic rings. The summed E-state index contributed by atoms with van der Waals surface area (Å²) in [5, 5.41) is 3.72. The molecule has 0 radical (unpaired) electrons. The van der Waals surface area contributed by atoms with E-state index in [0.29, 0.717) is 6.04 Å². The van der Waals surface area contributed by atoms with Crippen LogP contribution in [0.25, 0.3) is 0 Å². The minimum Gasteiger partial charge on any atom is -0.314 e. The maximum Gasteiger partial charge on any atom is 0.00104 e. The average molecular weight is 265 g/mol. The molecule has 2 rings (SSSR count). The normalized spacial score (nSPS) is 33.2. The van der Waals surface area contributed by atoms with Crippen molar-refractivity contribution in [1.82, 2.24) is 5.32 Å². The fourth-order valence-electron chi connectivity index (χ4n) is 4.63. The van der Waals surface area contributed by atoms with E-state index < -0.39 is 0 Å². The minimum absolute atomic E-state index is 0.651. The summed E-state index contributed by atoms with van der Waals surface area (Å²) < 4.78 is 0. The van der Waals surface area contributed by atoms with E-state index in [4.69, 9.17) is 0 Å². The second-order valence-electron chi connectivity index (χ2n) is 7.50. The first-order chi connectivity index (χ1) is 9.20. The molecule has 2 fully saturated rings. The van der Waals surface area contributed by atoms with Gasteiger partial charge in [0.25, 0.3) is 0 Å². The van der Waals surface area contributed by atoms with Gasteiger partial charge in [-0.15, -0.1) is 0 Å². The lowest BCUT2D eigenvalue weighted by Gasteiger charge is -2.40. The van der Waals surface area contributed by atoms with Crippen molar-refractivity contribution in [3.05, 3.63) is 0 Å². The molecule has 0 amide bonds. The van der Waals surface area contributed by atoms with Crippen LogP contribution in [0.15, 0.2) is 0 Å². The van der Waals surface area contributed by atoms with E-state index in [9.17, 15) is 0 Å². The van der Waals surface area contributed by atoms with Crippen LogP contribution in [0.3, 0.4) is 0 Å². The van der Waals surface area contributed by atoms with Crippen molar-refractivity contribution in [1.29, 1.82) is 0 Å². The van der Waals surface area contributed by atoms with Gasteiger partial charge in [-0.25, -0.2) is 0 Å².